The lowest BCUT2D eigenvalue weighted by Gasteiger charge is -2.05. The predicted molar refractivity (Wildman–Crippen MR) is 71.3 cm³/mol. The van der Waals surface area contributed by atoms with E-state index in [0.29, 0.717) is 0 Å². The zero-order valence-electron chi connectivity index (χ0n) is 10.9. The first kappa shape index (κ1) is 13.2. The van der Waals surface area contributed by atoms with Crippen LogP contribution in [-0.2, 0) is 26.0 Å². The zero-order valence-corrected chi connectivity index (χ0v) is 11.7. The maximum absolute atomic E-state index is 9.12. The normalized spacial score (nSPS) is 11.1. The molecule has 0 unspecified atom stereocenters. The van der Waals surface area contributed by atoms with Crippen LogP contribution < -0.4 is 0 Å². The van der Waals surface area contributed by atoms with Gasteiger partial charge >= 0.3 is 0 Å². The van der Waals surface area contributed by atoms with Crippen LogP contribution in [0.1, 0.15) is 24.0 Å². The van der Waals surface area contributed by atoms with E-state index in [1.54, 1.807) is 18.0 Å². The molecule has 98 valence electrons. The van der Waals surface area contributed by atoms with Gasteiger partial charge in [0.25, 0.3) is 0 Å². The molecule has 0 bridgehead atoms. The number of imidazole rings is 1. The van der Waals surface area contributed by atoms with Crippen molar-refractivity contribution >= 4 is 11.8 Å². The van der Waals surface area contributed by atoms with Gasteiger partial charge in [0.15, 0.2) is 5.16 Å². The Morgan fingerprint density at radius 2 is 2.17 bits per heavy atom. The summed E-state index contributed by atoms with van der Waals surface area (Å²) in [6.45, 7) is 5.00. The van der Waals surface area contributed by atoms with Crippen molar-refractivity contribution in [1.82, 2.24) is 19.3 Å². The molecule has 2 aromatic rings. The van der Waals surface area contributed by atoms with Crippen LogP contribution in [0.2, 0.25) is 0 Å². The van der Waals surface area contributed by atoms with E-state index in [-0.39, 0.29) is 6.61 Å². The Hall–Kier alpha value is -1.27. The van der Waals surface area contributed by atoms with Gasteiger partial charge in [-0.2, -0.15) is 5.10 Å². The molecule has 0 spiro atoms. The Morgan fingerprint density at radius 3 is 2.78 bits per heavy atom. The van der Waals surface area contributed by atoms with Crippen LogP contribution in [0.25, 0.3) is 0 Å². The molecule has 0 aromatic carbocycles. The van der Waals surface area contributed by atoms with Crippen LogP contribution in [0.4, 0.5) is 0 Å². The summed E-state index contributed by atoms with van der Waals surface area (Å²) in [6, 6.07) is 2.10. The maximum atomic E-state index is 9.12. The summed E-state index contributed by atoms with van der Waals surface area (Å²) in [7, 11) is 1.92. The van der Waals surface area contributed by atoms with Gasteiger partial charge in [-0.3, -0.25) is 4.68 Å². The molecule has 2 aromatic heterocycles. The highest BCUT2D eigenvalue weighted by molar-refractivity contribution is 7.98. The fourth-order valence-corrected chi connectivity index (χ4v) is 2.78. The summed E-state index contributed by atoms with van der Waals surface area (Å²) in [6.07, 6.45) is 1.71. The summed E-state index contributed by atoms with van der Waals surface area (Å²) in [5.74, 6) is 0.838. The van der Waals surface area contributed by atoms with E-state index in [2.05, 4.69) is 23.1 Å². The first-order chi connectivity index (χ1) is 8.65. The second kappa shape index (κ2) is 5.58. The lowest BCUT2D eigenvalue weighted by Crippen LogP contribution is -2.02. The number of aromatic nitrogens is 4. The molecular formula is C12H18N4OS. The number of hydrogen-bond donors (Lipinski definition) is 1. The van der Waals surface area contributed by atoms with Gasteiger partial charge in [-0.15, -0.1) is 0 Å². The van der Waals surface area contributed by atoms with E-state index in [9.17, 15) is 0 Å². The van der Waals surface area contributed by atoms with Crippen LogP contribution in [0, 0.1) is 6.92 Å². The third-order valence-corrected chi connectivity index (χ3v) is 3.92. The number of aliphatic hydroxyl groups is 1. The van der Waals surface area contributed by atoms with Crippen LogP contribution in [0.5, 0.6) is 0 Å². The van der Waals surface area contributed by atoms with E-state index in [0.717, 1.165) is 28.8 Å². The molecule has 0 fully saturated rings. The molecule has 0 radical (unpaired) electrons. The molecule has 6 heteroatoms. The second-order valence-electron chi connectivity index (χ2n) is 4.13. The number of aryl methyl sites for hydroxylation is 2. The first-order valence-electron chi connectivity index (χ1n) is 5.93. The van der Waals surface area contributed by atoms with Gasteiger partial charge in [-0.05, 0) is 19.9 Å². The van der Waals surface area contributed by atoms with Gasteiger partial charge in [0.05, 0.1) is 24.2 Å². The number of rotatable bonds is 5. The third-order valence-electron chi connectivity index (χ3n) is 2.84. The SMILES string of the molecule is CCn1nc(C)cc1CSc1ncc(CO)n1C. The average Bonchev–Trinajstić information content (AvgIpc) is 2.89. The molecular weight excluding hydrogens is 248 g/mol. The average molecular weight is 266 g/mol. The van der Waals surface area contributed by atoms with Crippen LogP contribution >= 0.6 is 11.8 Å². The standard InChI is InChI=1S/C12H18N4OS/c1-4-16-10(5-9(2)14-16)8-18-12-13-6-11(7-17)15(12)3/h5-6,17H,4,7-8H2,1-3H3. The largest absolute Gasteiger partial charge is 0.390 e. The molecule has 0 saturated heterocycles. The highest BCUT2D eigenvalue weighted by Gasteiger charge is 2.09. The lowest BCUT2D eigenvalue weighted by atomic mass is 10.4. The summed E-state index contributed by atoms with van der Waals surface area (Å²) in [5, 5.41) is 14.5. The number of nitrogens with zero attached hydrogens (tertiary/aromatic N) is 4. The Balaban J connectivity index is 2.08. The number of aliphatic hydroxyl groups excluding tert-OH is 1. The highest BCUT2D eigenvalue weighted by atomic mass is 32.2. The molecule has 0 aliphatic heterocycles. The van der Waals surface area contributed by atoms with E-state index in [1.807, 2.05) is 23.2 Å². The predicted octanol–water partition coefficient (Wildman–Crippen LogP) is 1.73. The molecule has 1 N–H and O–H groups in total. The van der Waals surface area contributed by atoms with E-state index < -0.39 is 0 Å². The molecule has 5 nitrogen and oxygen atoms in total. The lowest BCUT2D eigenvalue weighted by molar-refractivity contribution is 0.271. The van der Waals surface area contributed by atoms with Crippen LogP contribution in [-0.4, -0.2) is 24.4 Å². The topological polar surface area (TPSA) is 55.9 Å². The minimum Gasteiger partial charge on any atom is -0.390 e. The molecule has 2 rings (SSSR count). The van der Waals surface area contributed by atoms with Gasteiger partial charge in [-0.25, -0.2) is 4.98 Å². The summed E-state index contributed by atoms with van der Waals surface area (Å²) < 4.78 is 3.93. The van der Waals surface area contributed by atoms with Gasteiger partial charge in [0, 0.05) is 25.0 Å². The molecule has 0 amide bonds. The molecule has 18 heavy (non-hydrogen) atoms. The number of thioether (sulfide) groups is 1. The first-order valence-corrected chi connectivity index (χ1v) is 6.91. The van der Waals surface area contributed by atoms with Crippen molar-refractivity contribution in [2.75, 3.05) is 0 Å². The minimum atomic E-state index is 0.0239. The fourth-order valence-electron chi connectivity index (χ4n) is 1.83. The fraction of sp³-hybridized carbons (Fsp3) is 0.500. The van der Waals surface area contributed by atoms with Gasteiger partial charge < -0.3 is 9.67 Å². The second-order valence-corrected chi connectivity index (χ2v) is 5.07. The van der Waals surface area contributed by atoms with E-state index in [1.165, 1.54) is 5.69 Å². The van der Waals surface area contributed by atoms with Crippen LogP contribution in [0.15, 0.2) is 17.4 Å². The van der Waals surface area contributed by atoms with Crippen molar-refractivity contribution < 1.29 is 5.11 Å². The monoisotopic (exact) mass is 266 g/mol. The minimum absolute atomic E-state index is 0.0239. The van der Waals surface area contributed by atoms with Crippen molar-refractivity contribution in [1.29, 1.82) is 0 Å². The smallest absolute Gasteiger partial charge is 0.168 e. The summed E-state index contributed by atoms with van der Waals surface area (Å²) in [5.41, 5.74) is 3.08. The zero-order chi connectivity index (χ0) is 13.1. The van der Waals surface area contributed by atoms with Gasteiger partial charge in [0.1, 0.15) is 0 Å². The molecule has 0 aliphatic rings. The van der Waals surface area contributed by atoms with Crippen molar-refractivity contribution in [3.8, 4) is 0 Å². The number of hydrogen-bond acceptors (Lipinski definition) is 4. The quantitative estimate of drug-likeness (QED) is 0.837. The Bertz CT molecular complexity index is 532. The Labute approximate surface area is 111 Å². The molecule has 2 heterocycles. The molecule has 0 atom stereocenters. The summed E-state index contributed by atoms with van der Waals surface area (Å²) >= 11 is 1.66. The Kier molecular flexibility index (Phi) is 4.08. The Morgan fingerprint density at radius 1 is 1.39 bits per heavy atom. The van der Waals surface area contributed by atoms with Gasteiger partial charge in [-0.1, -0.05) is 11.8 Å². The van der Waals surface area contributed by atoms with Gasteiger partial charge in [0.2, 0.25) is 0 Å². The van der Waals surface area contributed by atoms with Crippen molar-refractivity contribution in [2.45, 2.75) is 37.9 Å². The molecule has 0 aliphatic carbocycles. The highest BCUT2D eigenvalue weighted by Crippen LogP contribution is 2.22. The maximum Gasteiger partial charge on any atom is 0.168 e. The van der Waals surface area contributed by atoms with Crippen LogP contribution in [0.3, 0.4) is 0 Å². The van der Waals surface area contributed by atoms with Crippen molar-refractivity contribution in [2.24, 2.45) is 7.05 Å². The van der Waals surface area contributed by atoms with Crippen molar-refractivity contribution in [3.05, 3.63) is 29.3 Å². The third kappa shape index (κ3) is 2.59. The van der Waals surface area contributed by atoms with Crippen molar-refractivity contribution in [3.63, 3.8) is 0 Å². The molecule has 0 saturated carbocycles. The van der Waals surface area contributed by atoms with E-state index >= 15 is 0 Å². The van der Waals surface area contributed by atoms with E-state index in [4.69, 9.17) is 5.11 Å². The summed E-state index contributed by atoms with van der Waals surface area (Å²) in [4.78, 5) is 4.30.